The Morgan fingerprint density at radius 3 is 2.95 bits per heavy atom. The molecule has 0 atom stereocenters. The number of rotatable bonds is 2. The van der Waals surface area contributed by atoms with Crippen LogP contribution in [0.3, 0.4) is 0 Å². The number of nitrogens with one attached hydrogen (secondary N) is 2. The number of pyridine rings is 1. The number of hydrogen-bond acceptors (Lipinski definition) is 3. The quantitative estimate of drug-likeness (QED) is 0.894. The van der Waals surface area contributed by atoms with E-state index >= 15 is 0 Å². The van der Waals surface area contributed by atoms with Crippen LogP contribution in [0.1, 0.15) is 27.2 Å². The molecule has 1 amide bonds. The van der Waals surface area contributed by atoms with E-state index in [4.69, 9.17) is 0 Å². The predicted molar refractivity (Wildman–Crippen MR) is 86.0 cm³/mol. The molecule has 1 aromatic carbocycles. The molecular formula is C16H17ClFN3O. The number of aromatic nitrogens is 1. The van der Waals surface area contributed by atoms with Crippen molar-refractivity contribution < 1.29 is 9.18 Å². The zero-order valence-corrected chi connectivity index (χ0v) is 13.0. The van der Waals surface area contributed by atoms with Crippen LogP contribution in [-0.4, -0.2) is 17.4 Å². The zero-order chi connectivity index (χ0) is 14.8. The van der Waals surface area contributed by atoms with Crippen molar-refractivity contribution in [2.75, 3.05) is 11.9 Å². The highest BCUT2D eigenvalue weighted by molar-refractivity contribution is 6.04. The van der Waals surface area contributed by atoms with Crippen LogP contribution in [0.4, 0.5) is 10.1 Å². The maximum absolute atomic E-state index is 13.2. The van der Waals surface area contributed by atoms with E-state index in [9.17, 15) is 9.18 Å². The Morgan fingerprint density at radius 2 is 2.18 bits per heavy atom. The summed E-state index contributed by atoms with van der Waals surface area (Å²) < 4.78 is 13.2. The number of carbonyl (C=O) groups excluding carboxylic acids is 1. The van der Waals surface area contributed by atoms with Gasteiger partial charge in [-0.1, -0.05) is 0 Å². The Balaban J connectivity index is 0.00000176. The lowest BCUT2D eigenvalue weighted by atomic mass is 10.1. The molecule has 2 N–H and O–H groups in total. The number of amides is 1. The van der Waals surface area contributed by atoms with Crippen molar-refractivity contribution in [1.29, 1.82) is 0 Å². The molecule has 2 aromatic rings. The Kier molecular flexibility index (Phi) is 5.11. The van der Waals surface area contributed by atoms with Crippen LogP contribution in [0.25, 0.3) is 0 Å². The number of halogens is 2. The topological polar surface area (TPSA) is 54.0 Å². The summed E-state index contributed by atoms with van der Waals surface area (Å²) in [5.74, 6) is -0.573. The summed E-state index contributed by atoms with van der Waals surface area (Å²) in [5.41, 5.74) is 3.73. The summed E-state index contributed by atoms with van der Waals surface area (Å²) in [5, 5.41) is 6.08. The summed E-state index contributed by atoms with van der Waals surface area (Å²) in [7, 11) is 0. The molecule has 0 fully saturated rings. The Hall–Kier alpha value is -1.98. The largest absolute Gasteiger partial charge is 0.321 e. The van der Waals surface area contributed by atoms with Gasteiger partial charge in [-0.3, -0.25) is 9.78 Å². The highest BCUT2D eigenvalue weighted by Gasteiger charge is 2.13. The molecule has 22 heavy (non-hydrogen) atoms. The van der Waals surface area contributed by atoms with E-state index in [0.717, 1.165) is 30.8 Å². The standard InChI is InChI=1S/C16H16FN3O.ClH/c1-10-6-11(2-3-14(10)17)16(21)20-13-7-12-8-18-5-4-15(12)19-9-13;/h2-3,6-7,9,18H,4-5,8H2,1H3,(H,20,21);1H. The highest BCUT2D eigenvalue weighted by Crippen LogP contribution is 2.17. The molecular weight excluding hydrogens is 305 g/mol. The van der Waals surface area contributed by atoms with Gasteiger partial charge < -0.3 is 10.6 Å². The van der Waals surface area contributed by atoms with Crippen LogP contribution in [0.15, 0.2) is 30.5 Å². The minimum absolute atomic E-state index is 0. The van der Waals surface area contributed by atoms with Crippen molar-refractivity contribution in [2.45, 2.75) is 19.9 Å². The number of fused-ring (bicyclic) bond motifs is 1. The molecule has 3 rings (SSSR count). The maximum Gasteiger partial charge on any atom is 0.255 e. The van der Waals surface area contributed by atoms with Crippen LogP contribution >= 0.6 is 12.4 Å². The number of aryl methyl sites for hydroxylation is 1. The second-order valence-corrected chi connectivity index (χ2v) is 5.17. The van der Waals surface area contributed by atoms with E-state index in [2.05, 4.69) is 15.6 Å². The Morgan fingerprint density at radius 1 is 1.36 bits per heavy atom. The molecule has 1 aliphatic rings. The van der Waals surface area contributed by atoms with Crippen LogP contribution in [0.2, 0.25) is 0 Å². The fourth-order valence-corrected chi connectivity index (χ4v) is 2.40. The van der Waals surface area contributed by atoms with Crippen molar-refractivity contribution in [3.8, 4) is 0 Å². The molecule has 2 heterocycles. The summed E-state index contributed by atoms with van der Waals surface area (Å²) in [6.07, 6.45) is 2.57. The first-order chi connectivity index (χ1) is 10.1. The Bertz CT molecular complexity index is 706. The van der Waals surface area contributed by atoms with Crippen LogP contribution in [0.5, 0.6) is 0 Å². The summed E-state index contributed by atoms with van der Waals surface area (Å²) in [6.45, 7) is 3.33. The van der Waals surface area contributed by atoms with Gasteiger partial charge >= 0.3 is 0 Å². The summed E-state index contributed by atoms with van der Waals surface area (Å²) in [6, 6.07) is 6.26. The van der Waals surface area contributed by atoms with E-state index in [-0.39, 0.29) is 24.1 Å². The molecule has 6 heteroatoms. The minimum Gasteiger partial charge on any atom is -0.321 e. The van der Waals surface area contributed by atoms with Gasteiger partial charge in [0.2, 0.25) is 0 Å². The number of nitrogens with zero attached hydrogens (tertiary/aromatic N) is 1. The number of carbonyl (C=O) groups is 1. The Labute approximate surface area is 134 Å². The first-order valence-corrected chi connectivity index (χ1v) is 6.89. The SMILES string of the molecule is Cc1cc(C(=O)Nc2cnc3c(c2)CNCC3)ccc1F.Cl. The van der Waals surface area contributed by atoms with Gasteiger partial charge in [-0.15, -0.1) is 12.4 Å². The average Bonchev–Trinajstić information content (AvgIpc) is 2.50. The molecule has 0 unspecified atom stereocenters. The predicted octanol–water partition coefficient (Wildman–Crippen LogP) is 2.85. The van der Waals surface area contributed by atoms with Gasteiger partial charge in [0, 0.05) is 30.8 Å². The first kappa shape index (κ1) is 16.4. The zero-order valence-electron chi connectivity index (χ0n) is 12.1. The average molecular weight is 322 g/mol. The second kappa shape index (κ2) is 6.85. The third-order valence-corrected chi connectivity index (χ3v) is 3.59. The van der Waals surface area contributed by atoms with Gasteiger partial charge in [0.1, 0.15) is 5.82 Å². The van der Waals surface area contributed by atoms with E-state index in [1.807, 2.05) is 6.07 Å². The van der Waals surface area contributed by atoms with E-state index < -0.39 is 0 Å². The molecule has 4 nitrogen and oxygen atoms in total. The maximum atomic E-state index is 13.2. The first-order valence-electron chi connectivity index (χ1n) is 6.89. The van der Waals surface area contributed by atoms with Gasteiger partial charge in [-0.05, 0) is 42.3 Å². The third-order valence-electron chi connectivity index (χ3n) is 3.59. The van der Waals surface area contributed by atoms with Gasteiger partial charge in [0.15, 0.2) is 0 Å². The summed E-state index contributed by atoms with van der Waals surface area (Å²) >= 11 is 0. The second-order valence-electron chi connectivity index (χ2n) is 5.17. The monoisotopic (exact) mass is 321 g/mol. The van der Waals surface area contributed by atoms with Crippen LogP contribution < -0.4 is 10.6 Å². The fourth-order valence-electron chi connectivity index (χ4n) is 2.40. The van der Waals surface area contributed by atoms with Crippen LogP contribution in [0, 0.1) is 12.7 Å². The highest BCUT2D eigenvalue weighted by atomic mass is 35.5. The molecule has 116 valence electrons. The molecule has 1 aromatic heterocycles. The van der Waals surface area contributed by atoms with Crippen molar-refractivity contribution in [3.63, 3.8) is 0 Å². The van der Waals surface area contributed by atoms with E-state index in [1.54, 1.807) is 13.1 Å². The molecule has 0 aliphatic carbocycles. The van der Waals surface area contributed by atoms with Gasteiger partial charge in [-0.2, -0.15) is 0 Å². The van der Waals surface area contributed by atoms with E-state index in [0.29, 0.717) is 16.8 Å². The lowest BCUT2D eigenvalue weighted by molar-refractivity contribution is 0.102. The van der Waals surface area contributed by atoms with E-state index in [1.165, 1.54) is 18.2 Å². The third kappa shape index (κ3) is 3.43. The van der Waals surface area contributed by atoms with Gasteiger partial charge in [0.25, 0.3) is 5.91 Å². The van der Waals surface area contributed by atoms with Crippen molar-refractivity contribution in [2.24, 2.45) is 0 Å². The summed E-state index contributed by atoms with van der Waals surface area (Å²) in [4.78, 5) is 16.6. The number of hydrogen-bond donors (Lipinski definition) is 2. The molecule has 1 aliphatic heterocycles. The molecule has 0 saturated carbocycles. The van der Waals surface area contributed by atoms with Gasteiger partial charge in [0.05, 0.1) is 11.9 Å². The lowest BCUT2D eigenvalue weighted by Crippen LogP contribution is -2.24. The molecule has 0 radical (unpaired) electrons. The number of anilines is 1. The van der Waals surface area contributed by atoms with Crippen molar-refractivity contribution in [1.82, 2.24) is 10.3 Å². The normalized spacial score (nSPS) is 13.0. The molecule has 0 spiro atoms. The lowest BCUT2D eigenvalue weighted by Gasteiger charge is -2.17. The van der Waals surface area contributed by atoms with Crippen molar-refractivity contribution in [3.05, 3.63) is 58.7 Å². The fraction of sp³-hybridized carbons (Fsp3) is 0.250. The smallest absolute Gasteiger partial charge is 0.255 e. The molecule has 0 saturated heterocycles. The molecule has 0 bridgehead atoms. The van der Waals surface area contributed by atoms with Gasteiger partial charge in [-0.25, -0.2) is 4.39 Å². The minimum atomic E-state index is -0.312. The van der Waals surface area contributed by atoms with Crippen molar-refractivity contribution >= 4 is 24.0 Å². The number of benzene rings is 1. The van der Waals surface area contributed by atoms with Crippen LogP contribution in [-0.2, 0) is 13.0 Å².